The number of hydrogen-bond acceptors (Lipinski definition) is 8. The van der Waals surface area contributed by atoms with Crippen molar-refractivity contribution < 1.29 is 28.7 Å². The van der Waals surface area contributed by atoms with E-state index in [4.69, 9.17) is 19.4 Å². The van der Waals surface area contributed by atoms with Gasteiger partial charge in [-0.1, -0.05) is 75.4 Å². The number of nitrogens with zero attached hydrogens (tertiary/aromatic N) is 5. The number of rotatable bonds is 13. The molecule has 7 unspecified atom stereocenters. The summed E-state index contributed by atoms with van der Waals surface area (Å²) in [6.07, 6.45) is 22.5. The molecule has 10 rings (SSSR count). The predicted molar refractivity (Wildman–Crippen MR) is 251 cm³/mol. The van der Waals surface area contributed by atoms with E-state index in [1.807, 2.05) is 36.0 Å². The zero-order chi connectivity index (χ0) is 45.9. The van der Waals surface area contributed by atoms with Crippen LogP contribution in [0.1, 0.15) is 119 Å². The van der Waals surface area contributed by atoms with Crippen molar-refractivity contribution in [3.63, 3.8) is 0 Å². The summed E-state index contributed by atoms with van der Waals surface area (Å²) in [4.78, 5) is 70.3. The molecule has 2 aromatic carbocycles. The minimum Gasteiger partial charge on any atom is -0.453 e. The number of piperidine rings is 1. The van der Waals surface area contributed by atoms with Crippen LogP contribution in [0.4, 0.5) is 9.59 Å². The molecule has 14 nitrogen and oxygen atoms in total. The number of amides is 4. The van der Waals surface area contributed by atoms with Crippen molar-refractivity contribution in [1.82, 2.24) is 40.0 Å². The number of alkyl carbamates (subject to hydrolysis) is 2. The Morgan fingerprint density at radius 1 is 0.894 bits per heavy atom. The van der Waals surface area contributed by atoms with Gasteiger partial charge in [0.15, 0.2) is 0 Å². The predicted octanol–water partition coefficient (Wildman–Crippen LogP) is 8.75. The van der Waals surface area contributed by atoms with Gasteiger partial charge in [0.2, 0.25) is 11.8 Å². The Hall–Kier alpha value is -6.18. The second-order valence-corrected chi connectivity index (χ2v) is 20.0. The molecule has 2 aromatic heterocycles. The second kappa shape index (κ2) is 17.6. The van der Waals surface area contributed by atoms with E-state index in [1.54, 1.807) is 0 Å². The first-order chi connectivity index (χ1) is 32.0. The molecule has 4 aliphatic carbocycles. The number of hydrogen-bond donors (Lipinski definition) is 3. The maximum Gasteiger partial charge on any atom is 0.407 e. The zero-order valence-corrected chi connectivity index (χ0v) is 38.7. The molecule has 4 aromatic rings. The molecule has 2 aliphatic heterocycles. The smallest absolute Gasteiger partial charge is 0.407 e. The molecule has 0 radical (unpaired) electrons. The highest BCUT2D eigenvalue weighted by Crippen LogP contribution is 2.59. The van der Waals surface area contributed by atoms with Crippen LogP contribution in [-0.2, 0) is 25.6 Å². The number of likely N-dealkylation sites (tertiary alicyclic amines) is 2. The fraction of sp³-hybridized carbons (Fsp3) is 0.500. The van der Waals surface area contributed by atoms with E-state index >= 15 is 0 Å². The first-order valence-electron chi connectivity index (χ1n) is 24.0. The summed E-state index contributed by atoms with van der Waals surface area (Å²) < 4.78 is 12.1. The molecule has 14 heteroatoms. The first kappa shape index (κ1) is 43.7. The molecule has 346 valence electrons. The quantitative estimate of drug-likeness (QED) is 0.120. The zero-order valence-electron chi connectivity index (χ0n) is 38.7. The summed E-state index contributed by atoms with van der Waals surface area (Å²) in [5, 5.41) is 7.87. The molecule has 4 amide bonds. The van der Waals surface area contributed by atoms with Crippen LogP contribution < -0.4 is 10.6 Å². The lowest BCUT2D eigenvalue weighted by Crippen LogP contribution is -2.54. The maximum absolute atomic E-state index is 14.3. The van der Waals surface area contributed by atoms with Gasteiger partial charge in [-0.3, -0.25) is 9.59 Å². The van der Waals surface area contributed by atoms with Crippen LogP contribution in [0.5, 0.6) is 0 Å². The Morgan fingerprint density at radius 3 is 2.35 bits per heavy atom. The fourth-order valence-electron chi connectivity index (χ4n) is 11.4. The monoisotopic (exact) mass is 894 g/mol. The number of aromatic amines is 1. The van der Waals surface area contributed by atoms with Gasteiger partial charge in [-0.2, -0.15) is 0 Å². The molecule has 66 heavy (non-hydrogen) atoms. The van der Waals surface area contributed by atoms with Crippen LogP contribution in [0.2, 0.25) is 0 Å². The van der Waals surface area contributed by atoms with Crippen LogP contribution in [0.25, 0.3) is 27.6 Å². The van der Waals surface area contributed by atoms with E-state index in [2.05, 4.69) is 93.9 Å². The van der Waals surface area contributed by atoms with E-state index in [0.29, 0.717) is 12.5 Å². The molecule has 2 bridgehead atoms. The van der Waals surface area contributed by atoms with Gasteiger partial charge in [-0.25, -0.2) is 19.6 Å². The van der Waals surface area contributed by atoms with Crippen LogP contribution in [0.15, 0.2) is 79.2 Å². The van der Waals surface area contributed by atoms with E-state index in [0.717, 1.165) is 115 Å². The lowest BCUT2D eigenvalue weighted by molar-refractivity contribution is -0.139. The van der Waals surface area contributed by atoms with E-state index in [1.165, 1.54) is 14.2 Å². The van der Waals surface area contributed by atoms with Gasteiger partial charge in [0.05, 0.1) is 38.2 Å². The number of imidazole rings is 2. The number of methoxy groups -OCH3 is 2. The number of allylic oxidation sites excluding steroid dienone is 6. The average Bonchev–Trinajstić information content (AvgIpc) is 4.01. The van der Waals surface area contributed by atoms with Gasteiger partial charge in [0.1, 0.15) is 23.7 Å². The molecule has 5 fully saturated rings. The Morgan fingerprint density at radius 2 is 1.64 bits per heavy atom. The number of fused-ring (bicyclic) bond motifs is 3. The third-order valence-corrected chi connectivity index (χ3v) is 15.2. The number of nitrogens with one attached hydrogen (secondary N) is 3. The SMILES string of the molecule is CCCn1c(C2C=CC=C(c3ccc4cc(-c5cnc(C6C7CCC(C7)N6C(=O)C(NC(=O)OC)C(C)C)[nH]5)ccc4c3)C=C2)cnc1C1CC2(CC2)CN1C(=O)C(NC(=O)OC)C1CC1. The fourth-order valence-corrected chi connectivity index (χ4v) is 11.4. The summed E-state index contributed by atoms with van der Waals surface area (Å²) >= 11 is 0. The second-order valence-electron chi connectivity index (χ2n) is 20.0. The van der Waals surface area contributed by atoms with Gasteiger partial charge in [-0.05, 0) is 115 Å². The molecule has 1 spiro atoms. The average molecular weight is 895 g/mol. The highest BCUT2D eigenvalue weighted by atomic mass is 16.5. The molecule has 7 atom stereocenters. The number of H-pyrrole nitrogens is 1. The minimum absolute atomic E-state index is 0.00715. The van der Waals surface area contributed by atoms with Gasteiger partial charge in [-0.15, -0.1) is 0 Å². The number of carbonyl (C=O) groups is 4. The summed E-state index contributed by atoms with van der Waals surface area (Å²) in [6, 6.07) is 11.6. The maximum atomic E-state index is 14.3. The number of carbonyl (C=O) groups excluding carboxylic acids is 4. The topological polar surface area (TPSA) is 164 Å². The number of ether oxygens (including phenoxy) is 2. The van der Waals surface area contributed by atoms with Crippen LogP contribution in [-0.4, -0.2) is 92.2 Å². The first-order valence-corrected chi connectivity index (χ1v) is 24.0. The van der Waals surface area contributed by atoms with Crippen molar-refractivity contribution in [2.24, 2.45) is 23.2 Å². The number of aromatic nitrogens is 4. The molecule has 2 saturated heterocycles. The van der Waals surface area contributed by atoms with E-state index < -0.39 is 24.3 Å². The van der Waals surface area contributed by atoms with Gasteiger partial charge in [0.25, 0.3) is 0 Å². The van der Waals surface area contributed by atoms with E-state index in [-0.39, 0.29) is 53.1 Å². The third kappa shape index (κ3) is 8.21. The van der Waals surface area contributed by atoms with Crippen molar-refractivity contribution in [2.45, 2.75) is 121 Å². The lowest BCUT2D eigenvalue weighted by atomic mass is 9.95. The van der Waals surface area contributed by atoms with Crippen molar-refractivity contribution in [3.05, 3.63) is 102 Å². The molecular formula is C52H62N8O6. The van der Waals surface area contributed by atoms with Gasteiger partial charge < -0.3 is 39.5 Å². The largest absolute Gasteiger partial charge is 0.453 e. The van der Waals surface area contributed by atoms with E-state index in [9.17, 15) is 19.2 Å². The number of benzene rings is 2. The lowest BCUT2D eigenvalue weighted by Gasteiger charge is -2.37. The van der Waals surface area contributed by atoms with Gasteiger partial charge in [0, 0.05) is 42.5 Å². The van der Waals surface area contributed by atoms with Crippen LogP contribution in [0.3, 0.4) is 0 Å². The van der Waals surface area contributed by atoms with Crippen molar-refractivity contribution in [1.29, 1.82) is 0 Å². The Balaban J connectivity index is 0.853. The molecule has 3 N–H and O–H groups in total. The van der Waals surface area contributed by atoms with Crippen molar-refractivity contribution in [2.75, 3.05) is 20.8 Å². The Bertz CT molecular complexity index is 2630. The third-order valence-electron chi connectivity index (χ3n) is 15.2. The summed E-state index contributed by atoms with van der Waals surface area (Å²) in [6.45, 7) is 7.55. The normalized spacial score (nSPS) is 24.7. The Kier molecular flexibility index (Phi) is 11.6. The van der Waals surface area contributed by atoms with Crippen LogP contribution >= 0.6 is 0 Å². The van der Waals surface area contributed by atoms with Crippen molar-refractivity contribution in [3.8, 4) is 11.3 Å². The summed E-state index contributed by atoms with van der Waals surface area (Å²) in [7, 11) is 2.66. The van der Waals surface area contributed by atoms with Crippen molar-refractivity contribution >= 4 is 40.3 Å². The molecule has 6 aliphatic rings. The highest BCUT2D eigenvalue weighted by Gasteiger charge is 2.56. The highest BCUT2D eigenvalue weighted by molar-refractivity contribution is 5.91. The molecule has 4 heterocycles. The summed E-state index contributed by atoms with van der Waals surface area (Å²) in [5.41, 5.74) is 5.38. The summed E-state index contributed by atoms with van der Waals surface area (Å²) in [5.74, 6) is 1.95. The van der Waals surface area contributed by atoms with Gasteiger partial charge >= 0.3 is 12.2 Å². The minimum atomic E-state index is -0.683. The molecule has 3 saturated carbocycles. The standard InChI is InChI=1S/C52H62N8O6/c1-6-22-58-42(28-54-47(58)41-26-52(20-21-52)29-59(41)48(61)44(33-12-13-33)57-51(64)66-5)32-9-7-8-31(10-11-32)34-14-15-36-24-37(17-16-35(36)23-34)40-27-53-46(55-40)45-38-18-19-39(25-38)60(45)49(62)43(30(2)3)56-50(63)65-4/h7-11,14-17,23-24,27-28,30,32-33,38-39,41,43-45H,6,12-13,18-22,25-26,29H2,1-5H3,(H,53,55)(H,56,63)(H,57,64). The molecular weight excluding hydrogens is 833 g/mol. The Labute approximate surface area is 386 Å². The van der Waals surface area contributed by atoms with Crippen LogP contribution in [0, 0.1) is 23.2 Å².